The average molecular weight is 362 g/mol. The first-order valence-corrected chi connectivity index (χ1v) is 8.95. The van der Waals surface area contributed by atoms with Gasteiger partial charge in [-0.2, -0.15) is 0 Å². The molecule has 1 aliphatic heterocycles. The number of rotatable bonds is 0. The molecule has 0 spiro atoms. The summed E-state index contributed by atoms with van der Waals surface area (Å²) >= 11 is 0. The number of hydrogen-bond donors (Lipinski definition) is 1. The zero-order chi connectivity index (χ0) is 18.8. The maximum Gasteiger partial charge on any atom is 0.241 e. The molecule has 0 saturated heterocycles. The zero-order valence-corrected chi connectivity index (χ0v) is 15.4. The Morgan fingerprint density at radius 1 is 1.11 bits per heavy atom. The standard InChI is InChI=1S/C21H22N4O2/c1-15-21(26)23-17-6-4-8-20(10-17)27-19-7-3-5-16(9-19)12-25-14-22-11-18(25)13-24(15)2/h3-11,14-15H,12-13H2,1-2H3,(H,23,26). The summed E-state index contributed by atoms with van der Waals surface area (Å²) in [6.45, 7) is 3.23. The van der Waals surface area contributed by atoms with Gasteiger partial charge in [-0.25, -0.2) is 4.98 Å². The van der Waals surface area contributed by atoms with Crippen molar-refractivity contribution < 1.29 is 9.53 Å². The highest BCUT2D eigenvalue weighted by atomic mass is 16.5. The van der Waals surface area contributed by atoms with Gasteiger partial charge in [0.25, 0.3) is 0 Å². The fourth-order valence-electron chi connectivity index (χ4n) is 3.14. The number of nitrogens with zero attached hydrogens (tertiary/aromatic N) is 3. The van der Waals surface area contributed by atoms with E-state index in [1.807, 2.05) is 73.9 Å². The summed E-state index contributed by atoms with van der Waals surface area (Å²) in [6, 6.07) is 15.2. The van der Waals surface area contributed by atoms with Crippen molar-refractivity contribution in [2.24, 2.45) is 0 Å². The molecule has 3 aromatic rings. The third kappa shape index (κ3) is 3.85. The summed E-state index contributed by atoms with van der Waals surface area (Å²) in [5, 5.41) is 2.97. The smallest absolute Gasteiger partial charge is 0.241 e. The summed E-state index contributed by atoms with van der Waals surface area (Å²) < 4.78 is 8.10. The fraction of sp³-hybridized carbons (Fsp3) is 0.238. The molecule has 1 aliphatic rings. The van der Waals surface area contributed by atoms with E-state index < -0.39 is 0 Å². The lowest BCUT2D eigenvalue weighted by atomic mass is 10.2. The maximum atomic E-state index is 12.7. The van der Waals surface area contributed by atoms with Crippen LogP contribution in [0.15, 0.2) is 61.1 Å². The minimum absolute atomic E-state index is 0.0591. The molecule has 27 heavy (non-hydrogen) atoms. The Labute approximate surface area is 158 Å². The first-order valence-electron chi connectivity index (χ1n) is 8.95. The third-order valence-electron chi connectivity index (χ3n) is 4.84. The van der Waals surface area contributed by atoms with E-state index in [4.69, 9.17) is 4.74 Å². The van der Waals surface area contributed by atoms with Crippen LogP contribution in [0.4, 0.5) is 5.69 Å². The van der Waals surface area contributed by atoms with Gasteiger partial charge in [0.05, 0.1) is 18.1 Å². The number of ether oxygens (including phenoxy) is 1. The molecule has 1 amide bonds. The van der Waals surface area contributed by atoms with Crippen molar-refractivity contribution in [2.45, 2.75) is 26.1 Å². The predicted octanol–water partition coefficient (Wildman–Crippen LogP) is 3.50. The summed E-state index contributed by atoms with van der Waals surface area (Å²) in [4.78, 5) is 19.0. The van der Waals surface area contributed by atoms with E-state index in [1.54, 1.807) is 0 Å². The molecular formula is C21H22N4O2. The second kappa shape index (κ2) is 7.25. The van der Waals surface area contributed by atoms with Gasteiger partial charge in [0.2, 0.25) is 5.91 Å². The monoisotopic (exact) mass is 362 g/mol. The molecule has 6 nitrogen and oxygen atoms in total. The molecular weight excluding hydrogens is 340 g/mol. The van der Waals surface area contributed by atoms with Gasteiger partial charge in [-0.1, -0.05) is 18.2 Å². The lowest BCUT2D eigenvalue weighted by Crippen LogP contribution is -2.39. The van der Waals surface area contributed by atoms with Crippen molar-refractivity contribution >= 4 is 11.6 Å². The van der Waals surface area contributed by atoms with Crippen LogP contribution in [0.2, 0.25) is 0 Å². The molecule has 0 aliphatic carbocycles. The van der Waals surface area contributed by atoms with Crippen LogP contribution in [0.3, 0.4) is 0 Å². The van der Waals surface area contributed by atoms with Gasteiger partial charge in [0.1, 0.15) is 11.5 Å². The molecule has 1 unspecified atom stereocenters. The fourth-order valence-corrected chi connectivity index (χ4v) is 3.14. The number of fused-ring (bicyclic) bond motifs is 5. The first kappa shape index (κ1) is 17.3. The Kier molecular flexibility index (Phi) is 4.64. The Bertz CT molecular complexity index is 966. The summed E-state index contributed by atoms with van der Waals surface area (Å²) in [5.74, 6) is 1.39. The molecule has 0 radical (unpaired) electrons. The quantitative estimate of drug-likeness (QED) is 0.665. The number of amides is 1. The number of imidazole rings is 1. The van der Waals surface area contributed by atoms with Crippen LogP contribution in [0, 0.1) is 0 Å². The average Bonchev–Trinajstić information content (AvgIpc) is 3.07. The summed E-state index contributed by atoms with van der Waals surface area (Å²) in [5.41, 5.74) is 2.90. The van der Waals surface area contributed by atoms with Crippen LogP contribution < -0.4 is 10.1 Å². The van der Waals surface area contributed by atoms with Gasteiger partial charge in [-0.3, -0.25) is 9.69 Å². The number of likely N-dealkylation sites (N-methyl/N-ethyl adjacent to an activating group) is 1. The highest BCUT2D eigenvalue weighted by molar-refractivity contribution is 5.94. The third-order valence-corrected chi connectivity index (χ3v) is 4.84. The van der Waals surface area contributed by atoms with E-state index in [2.05, 4.69) is 20.9 Å². The Morgan fingerprint density at radius 2 is 1.89 bits per heavy atom. The maximum absolute atomic E-state index is 12.7. The van der Waals surface area contributed by atoms with Crippen LogP contribution in [-0.4, -0.2) is 33.4 Å². The number of hydrogen-bond acceptors (Lipinski definition) is 4. The van der Waals surface area contributed by atoms with Gasteiger partial charge in [0.15, 0.2) is 0 Å². The number of aromatic nitrogens is 2. The molecule has 4 bridgehead atoms. The van der Waals surface area contributed by atoms with E-state index >= 15 is 0 Å². The van der Waals surface area contributed by atoms with E-state index in [1.165, 1.54) is 0 Å². The lowest BCUT2D eigenvalue weighted by molar-refractivity contribution is -0.120. The molecule has 0 saturated carbocycles. The van der Waals surface area contributed by atoms with Crippen molar-refractivity contribution in [3.8, 4) is 11.5 Å². The number of benzene rings is 2. The summed E-state index contributed by atoms with van der Waals surface area (Å²) in [6.07, 6.45) is 3.67. The van der Waals surface area contributed by atoms with Gasteiger partial charge in [-0.05, 0) is 43.8 Å². The van der Waals surface area contributed by atoms with Crippen molar-refractivity contribution in [1.29, 1.82) is 0 Å². The molecule has 6 heteroatoms. The number of nitrogens with one attached hydrogen (secondary N) is 1. The Balaban J connectivity index is 1.74. The highest BCUT2D eigenvalue weighted by Crippen LogP contribution is 2.26. The largest absolute Gasteiger partial charge is 0.457 e. The number of carbonyl (C=O) groups is 1. The van der Waals surface area contributed by atoms with Gasteiger partial charge in [-0.15, -0.1) is 0 Å². The Morgan fingerprint density at radius 3 is 2.74 bits per heavy atom. The van der Waals surface area contributed by atoms with Crippen LogP contribution in [-0.2, 0) is 17.9 Å². The van der Waals surface area contributed by atoms with E-state index in [-0.39, 0.29) is 11.9 Å². The predicted molar refractivity (Wildman–Crippen MR) is 104 cm³/mol. The van der Waals surface area contributed by atoms with E-state index in [9.17, 15) is 4.79 Å². The highest BCUT2D eigenvalue weighted by Gasteiger charge is 2.20. The van der Waals surface area contributed by atoms with Crippen LogP contribution in [0.1, 0.15) is 18.2 Å². The molecule has 138 valence electrons. The second-order valence-corrected chi connectivity index (χ2v) is 6.87. The van der Waals surface area contributed by atoms with E-state index in [0.717, 1.165) is 17.0 Å². The topological polar surface area (TPSA) is 59.4 Å². The molecule has 1 N–H and O–H groups in total. The van der Waals surface area contributed by atoms with Gasteiger partial charge >= 0.3 is 0 Å². The number of anilines is 1. The molecule has 0 fully saturated rings. The Hall–Kier alpha value is -3.12. The van der Waals surface area contributed by atoms with Crippen LogP contribution in [0.5, 0.6) is 11.5 Å². The lowest BCUT2D eigenvalue weighted by Gasteiger charge is -2.24. The van der Waals surface area contributed by atoms with Crippen LogP contribution in [0.25, 0.3) is 0 Å². The molecule has 1 atom stereocenters. The van der Waals surface area contributed by atoms with Gasteiger partial charge in [0, 0.05) is 31.0 Å². The molecule has 2 aromatic carbocycles. The second-order valence-electron chi connectivity index (χ2n) is 6.87. The number of carbonyl (C=O) groups excluding carboxylic acids is 1. The summed E-state index contributed by atoms with van der Waals surface area (Å²) in [7, 11) is 1.94. The molecule has 4 rings (SSSR count). The molecule has 2 heterocycles. The zero-order valence-electron chi connectivity index (χ0n) is 15.4. The van der Waals surface area contributed by atoms with E-state index in [0.29, 0.717) is 24.5 Å². The minimum atomic E-state index is -0.288. The van der Waals surface area contributed by atoms with Crippen molar-refractivity contribution in [1.82, 2.24) is 14.5 Å². The van der Waals surface area contributed by atoms with Gasteiger partial charge < -0.3 is 14.6 Å². The van der Waals surface area contributed by atoms with Crippen molar-refractivity contribution in [2.75, 3.05) is 12.4 Å². The van der Waals surface area contributed by atoms with Crippen molar-refractivity contribution in [3.63, 3.8) is 0 Å². The SMILES string of the molecule is CC1C(=O)Nc2cccc(c2)Oc2cccc(c2)Cn2cncc2CN1C. The minimum Gasteiger partial charge on any atom is -0.457 e. The first-order chi connectivity index (χ1) is 13.1. The normalized spacial score (nSPS) is 17.9. The van der Waals surface area contributed by atoms with Crippen molar-refractivity contribution in [3.05, 3.63) is 72.3 Å². The molecule has 1 aromatic heterocycles. The van der Waals surface area contributed by atoms with Crippen LogP contribution >= 0.6 is 0 Å².